The molecule has 0 atom stereocenters. The van der Waals surface area contributed by atoms with E-state index in [2.05, 4.69) is 20.6 Å². The predicted molar refractivity (Wildman–Crippen MR) is 77.0 cm³/mol. The lowest BCUT2D eigenvalue weighted by Crippen LogP contribution is -2.02. The van der Waals surface area contributed by atoms with Gasteiger partial charge in [-0.3, -0.25) is 0 Å². The van der Waals surface area contributed by atoms with Crippen LogP contribution in [0.5, 0.6) is 5.75 Å². The summed E-state index contributed by atoms with van der Waals surface area (Å²) < 4.78 is 5.11. The van der Waals surface area contributed by atoms with Crippen molar-refractivity contribution < 1.29 is 4.74 Å². The zero-order valence-electron chi connectivity index (χ0n) is 11.2. The van der Waals surface area contributed by atoms with Crippen molar-refractivity contribution in [2.75, 3.05) is 30.5 Å². The first-order chi connectivity index (χ1) is 9.12. The largest absolute Gasteiger partial charge is 0.495 e. The van der Waals surface area contributed by atoms with Gasteiger partial charge in [-0.15, -0.1) is 0 Å². The Morgan fingerprint density at radius 2 is 2.00 bits per heavy atom. The van der Waals surface area contributed by atoms with E-state index in [4.69, 9.17) is 10.5 Å². The average molecular weight is 259 g/mol. The predicted octanol–water partition coefficient (Wildman–Crippen LogP) is 2.16. The molecule has 0 aliphatic carbocycles. The Bertz CT molecular complexity index is 585. The minimum absolute atomic E-state index is 0.522. The molecule has 0 aliphatic heterocycles. The molecule has 1 aromatic heterocycles. The molecule has 2 aromatic rings. The molecule has 100 valence electrons. The van der Waals surface area contributed by atoms with Crippen molar-refractivity contribution in [2.24, 2.45) is 0 Å². The number of nitrogens with zero attached hydrogens (tertiary/aromatic N) is 2. The summed E-state index contributed by atoms with van der Waals surface area (Å²) in [6, 6.07) is 7.31. The Kier molecular flexibility index (Phi) is 3.70. The molecule has 6 heteroatoms. The standard InChI is InChI=1S/C13H17N5O/c1-8-6-12(15-2)18-13(16-8)17-9-4-5-11(19-3)10(14)7-9/h4-7H,14H2,1-3H3,(H2,15,16,17,18). The Hall–Kier alpha value is -2.50. The molecule has 0 saturated heterocycles. The van der Waals surface area contributed by atoms with Gasteiger partial charge in [0.2, 0.25) is 5.95 Å². The summed E-state index contributed by atoms with van der Waals surface area (Å²) in [5.74, 6) is 1.93. The van der Waals surface area contributed by atoms with Crippen LogP contribution >= 0.6 is 0 Å². The van der Waals surface area contributed by atoms with Gasteiger partial charge in [-0.1, -0.05) is 0 Å². The van der Waals surface area contributed by atoms with E-state index in [1.54, 1.807) is 19.2 Å². The van der Waals surface area contributed by atoms with Crippen molar-refractivity contribution in [3.63, 3.8) is 0 Å². The summed E-state index contributed by atoms with van der Waals surface area (Å²) in [5, 5.41) is 6.10. The maximum Gasteiger partial charge on any atom is 0.229 e. The topological polar surface area (TPSA) is 85.1 Å². The van der Waals surface area contributed by atoms with Crippen LogP contribution in [0.2, 0.25) is 0 Å². The van der Waals surface area contributed by atoms with Crippen LogP contribution in [0, 0.1) is 6.92 Å². The number of hydrogen-bond acceptors (Lipinski definition) is 6. The van der Waals surface area contributed by atoms with Crippen LogP contribution in [0.4, 0.5) is 23.1 Å². The maximum absolute atomic E-state index is 5.85. The quantitative estimate of drug-likeness (QED) is 0.730. The van der Waals surface area contributed by atoms with Crippen LogP contribution in [0.1, 0.15) is 5.69 Å². The number of aromatic nitrogens is 2. The van der Waals surface area contributed by atoms with Crippen molar-refractivity contribution in [1.29, 1.82) is 0 Å². The van der Waals surface area contributed by atoms with Gasteiger partial charge in [0.15, 0.2) is 0 Å². The number of hydrogen-bond donors (Lipinski definition) is 3. The summed E-state index contributed by atoms with van der Waals surface area (Å²) in [7, 11) is 3.40. The van der Waals surface area contributed by atoms with Crippen molar-refractivity contribution in [2.45, 2.75) is 6.92 Å². The SMILES string of the molecule is CNc1cc(C)nc(Nc2ccc(OC)c(N)c2)n1. The minimum atomic E-state index is 0.522. The van der Waals surface area contributed by atoms with Crippen LogP contribution in [0.3, 0.4) is 0 Å². The first-order valence-electron chi connectivity index (χ1n) is 5.86. The van der Waals surface area contributed by atoms with Crippen LogP contribution in [-0.4, -0.2) is 24.1 Å². The van der Waals surface area contributed by atoms with Crippen molar-refractivity contribution in [1.82, 2.24) is 9.97 Å². The molecule has 0 aliphatic rings. The van der Waals surface area contributed by atoms with E-state index in [0.717, 1.165) is 17.2 Å². The maximum atomic E-state index is 5.85. The molecule has 0 spiro atoms. The molecule has 2 rings (SSSR count). The van der Waals surface area contributed by atoms with E-state index in [1.807, 2.05) is 26.1 Å². The van der Waals surface area contributed by atoms with E-state index in [-0.39, 0.29) is 0 Å². The normalized spacial score (nSPS) is 10.1. The molecule has 4 N–H and O–H groups in total. The third kappa shape index (κ3) is 3.04. The highest BCUT2D eigenvalue weighted by Gasteiger charge is 2.04. The Balaban J connectivity index is 2.25. The summed E-state index contributed by atoms with van der Waals surface area (Å²) in [6.45, 7) is 1.91. The lowest BCUT2D eigenvalue weighted by atomic mass is 10.2. The van der Waals surface area contributed by atoms with Gasteiger partial charge in [0.1, 0.15) is 11.6 Å². The van der Waals surface area contributed by atoms with Gasteiger partial charge in [-0.25, -0.2) is 4.98 Å². The minimum Gasteiger partial charge on any atom is -0.495 e. The molecule has 0 radical (unpaired) electrons. The number of ether oxygens (including phenoxy) is 1. The number of nitrogens with two attached hydrogens (primary N) is 1. The highest BCUT2D eigenvalue weighted by Crippen LogP contribution is 2.26. The lowest BCUT2D eigenvalue weighted by Gasteiger charge is -2.10. The molecule has 1 aromatic carbocycles. The van der Waals surface area contributed by atoms with Gasteiger partial charge < -0.3 is 21.1 Å². The van der Waals surface area contributed by atoms with E-state index in [9.17, 15) is 0 Å². The van der Waals surface area contributed by atoms with Crippen LogP contribution < -0.4 is 21.1 Å². The average Bonchev–Trinajstić information content (AvgIpc) is 2.38. The fraction of sp³-hybridized carbons (Fsp3) is 0.231. The summed E-state index contributed by atoms with van der Waals surface area (Å²) in [4.78, 5) is 8.63. The molecule has 0 saturated carbocycles. The summed E-state index contributed by atoms with van der Waals surface area (Å²) in [6.07, 6.45) is 0. The number of benzene rings is 1. The van der Waals surface area contributed by atoms with Gasteiger partial charge in [-0.05, 0) is 25.1 Å². The van der Waals surface area contributed by atoms with Gasteiger partial charge in [0, 0.05) is 24.5 Å². The number of nitrogens with one attached hydrogen (secondary N) is 2. The second-order valence-electron chi connectivity index (χ2n) is 4.05. The monoisotopic (exact) mass is 259 g/mol. The van der Waals surface area contributed by atoms with Gasteiger partial charge in [0.25, 0.3) is 0 Å². The molecule has 0 amide bonds. The fourth-order valence-electron chi connectivity index (χ4n) is 1.69. The molecular formula is C13H17N5O. The van der Waals surface area contributed by atoms with Gasteiger partial charge >= 0.3 is 0 Å². The first kappa shape index (κ1) is 12.9. The molecule has 0 fully saturated rings. The molecule has 0 bridgehead atoms. The van der Waals surface area contributed by atoms with Crippen molar-refractivity contribution in [3.8, 4) is 5.75 Å². The molecular weight excluding hydrogens is 242 g/mol. The van der Waals surface area contributed by atoms with Gasteiger partial charge in [0.05, 0.1) is 12.8 Å². The summed E-state index contributed by atoms with van der Waals surface area (Å²) >= 11 is 0. The zero-order valence-corrected chi connectivity index (χ0v) is 11.2. The van der Waals surface area contributed by atoms with E-state index < -0.39 is 0 Å². The van der Waals surface area contributed by atoms with E-state index in [0.29, 0.717) is 17.4 Å². The Morgan fingerprint density at radius 3 is 2.63 bits per heavy atom. The zero-order chi connectivity index (χ0) is 13.8. The molecule has 1 heterocycles. The lowest BCUT2D eigenvalue weighted by molar-refractivity contribution is 0.417. The van der Waals surface area contributed by atoms with Crippen molar-refractivity contribution in [3.05, 3.63) is 30.0 Å². The number of rotatable bonds is 4. The van der Waals surface area contributed by atoms with Gasteiger partial charge in [-0.2, -0.15) is 4.98 Å². The van der Waals surface area contributed by atoms with E-state index >= 15 is 0 Å². The highest BCUT2D eigenvalue weighted by molar-refractivity contribution is 5.65. The first-order valence-corrected chi connectivity index (χ1v) is 5.86. The third-order valence-corrected chi connectivity index (χ3v) is 2.60. The molecule has 6 nitrogen and oxygen atoms in total. The number of methoxy groups -OCH3 is 1. The Morgan fingerprint density at radius 1 is 1.21 bits per heavy atom. The summed E-state index contributed by atoms with van der Waals surface area (Å²) in [5.41, 5.74) is 8.11. The van der Waals surface area contributed by atoms with Crippen LogP contribution in [-0.2, 0) is 0 Å². The second kappa shape index (κ2) is 5.43. The van der Waals surface area contributed by atoms with Crippen LogP contribution in [0.25, 0.3) is 0 Å². The number of anilines is 4. The third-order valence-electron chi connectivity index (χ3n) is 2.60. The molecule has 0 unspecified atom stereocenters. The Labute approximate surface area is 112 Å². The number of aryl methyl sites for hydroxylation is 1. The molecule has 19 heavy (non-hydrogen) atoms. The van der Waals surface area contributed by atoms with Crippen molar-refractivity contribution >= 4 is 23.1 Å². The smallest absolute Gasteiger partial charge is 0.229 e. The van der Waals surface area contributed by atoms with Crippen LogP contribution in [0.15, 0.2) is 24.3 Å². The highest BCUT2D eigenvalue weighted by atomic mass is 16.5. The second-order valence-corrected chi connectivity index (χ2v) is 4.05. The van der Waals surface area contributed by atoms with E-state index in [1.165, 1.54) is 0 Å². The fourth-order valence-corrected chi connectivity index (χ4v) is 1.69. The number of nitrogen functional groups attached to an aromatic ring is 1.